The van der Waals surface area contributed by atoms with Crippen LogP contribution in [0.25, 0.3) is 0 Å². The van der Waals surface area contributed by atoms with Crippen molar-refractivity contribution in [3.8, 4) is 11.8 Å². The Kier molecular flexibility index (Phi) is 5.24. The van der Waals surface area contributed by atoms with Crippen LogP contribution in [-0.2, 0) is 16.2 Å². The van der Waals surface area contributed by atoms with Crippen molar-refractivity contribution >= 4 is 10.0 Å². The number of rotatable bonds is 5. The molecule has 0 N–H and O–H groups in total. The Labute approximate surface area is 153 Å². The van der Waals surface area contributed by atoms with Crippen molar-refractivity contribution in [3.05, 3.63) is 42.2 Å². The number of hydrogen-bond donors (Lipinski definition) is 0. The van der Waals surface area contributed by atoms with E-state index < -0.39 is 27.9 Å². The maximum absolute atomic E-state index is 12.7. The van der Waals surface area contributed by atoms with E-state index in [-0.39, 0.29) is 29.7 Å². The fourth-order valence-corrected chi connectivity index (χ4v) is 4.15. The number of sulfonamides is 1. The minimum Gasteiger partial charge on any atom is -0.477 e. The van der Waals surface area contributed by atoms with E-state index in [4.69, 9.17) is 9.47 Å². The Balaban J connectivity index is 1.72. The van der Waals surface area contributed by atoms with Crippen molar-refractivity contribution in [2.75, 3.05) is 20.2 Å². The number of benzene rings is 1. The maximum atomic E-state index is 12.7. The molecule has 2 heterocycles. The molecule has 1 unspecified atom stereocenters. The maximum Gasteiger partial charge on any atom is 0.416 e. The minimum absolute atomic E-state index is 0.0447. The first-order valence-corrected chi connectivity index (χ1v) is 9.35. The lowest BCUT2D eigenvalue weighted by Gasteiger charge is -2.18. The zero-order valence-corrected chi connectivity index (χ0v) is 15.0. The molecule has 146 valence electrons. The molecule has 1 aliphatic heterocycles. The van der Waals surface area contributed by atoms with E-state index in [0.29, 0.717) is 6.42 Å². The molecule has 1 aliphatic rings. The summed E-state index contributed by atoms with van der Waals surface area (Å²) in [6.45, 7) is 0.222. The Bertz CT molecular complexity index is 904. The van der Waals surface area contributed by atoms with E-state index in [1.807, 2.05) is 0 Å². The standard InChI is InChI=1S/C16H16F3N3O4S/c1-25-14-15(21-8-7-20-14)26-12-6-9-22(10-12)27(23,24)13-4-2-11(3-5-13)16(17,18)19/h2-5,7-8,12H,6,9-10H2,1H3. The van der Waals surface area contributed by atoms with Gasteiger partial charge in [0, 0.05) is 18.9 Å². The Morgan fingerprint density at radius 2 is 1.74 bits per heavy atom. The number of halogens is 3. The van der Waals surface area contributed by atoms with Gasteiger partial charge < -0.3 is 9.47 Å². The second-order valence-electron chi connectivity index (χ2n) is 5.78. The largest absolute Gasteiger partial charge is 0.477 e. The van der Waals surface area contributed by atoms with Crippen LogP contribution in [0, 0.1) is 0 Å². The molecule has 1 saturated heterocycles. The summed E-state index contributed by atoms with van der Waals surface area (Å²) in [5, 5.41) is 0. The van der Waals surface area contributed by atoms with E-state index >= 15 is 0 Å². The first-order valence-electron chi connectivity index (χ1n) is 7.91. The van der Waals surface area contributed by atoms with Crippen molar-refractivity contribution in [2.45, 2.75) is 23.6 Å². The molecule has 1 aromatic heterocycles. The molecule has 11 heteroatoms. The predicted molar refractivity (Wildman–Crippen MR) is 87.8 cm³/mol. The van der Waals surface area contributed by atoms with Crippen LogP contribution in [0.2, 0.25) is 0 Å². The van der Waals surface area contributed by atoms with Gasteiger partial charge in [-0.3, -0.25) is 0 Å². The highest BCUT2D eigenvalue weighted by Gasteiger charge is 2.35. The normalized spacial score (nSPS) is 18.4. The van der Waals surface area contributed by atoms with Gasteiger partial charge in [0.25, 0.3) is 11.8 Å². The highest BCUT2D eigenvalue weighted by atomic mass is 32.2. The molecule has 27 heavy (non-hydrogen) atoms. The lowest BCUT2D eigenvalue weighted by molar-refractivity contribution is -0.137. The van der Waals surface area contributed by atoms with Gasteiger partial charge in [0.2, 0.25) is 10.0 Å². The summed E-state index contributed by atoms with van der Waals surface area (Å²) < 4.78 is 75.1. The van der Waals surface area contributed by atoms with E-state index in [0.717, 1.165) is 24.3 Å². The van der Waals surface area contributed by atoms with Crippen LogP contribution in [0.1, 0.15) is 12.0 Å². The van der Waals surface area contributed by atoms with Crippen molar-refractivity contribution in [1.82, 2.24) is 14.3 Å². The Morgan fingerprint density at radius 3 is 2.33 bits per heavy atom. The van der Waals surface area contributed by atoms with Crippen molar-refractivity contribution in [2.24, 2.45) is 0 Å². The van der Waals surface area contributed by atoms with Gasteiger partial charge in [-0.15, -0.1) is 0 Å². The van der Waals surface area contributed by atoms with Crippen LogP contribution in [0.15, 0.2) is 41.6 Å². The smallest absolute Gasteiger partial charge is 0.416 e. The third-order valence-corrected chi connectivity index (χ3v) is 5.91. The molecule has 2 aromatic rings. The SMILES string of the molecule is COc1nccnc1OC1CCN(S(=O)(=O)c2ccc(C(F)(F)F)cc2)C1. The fraction of sp³-hybridized carbons (Fsp3) is 0.375. The van der Waals surface area contributed by atoms with E-state index in [1.165, 1.54) is 23.8 Å². The number of alkyl halides is 3. The van der Waals surface area contributed by atoms with Gasteiger partial charge in [-0.2, -0.15) is 17.5 Å². The summed E-state index contributed by atoms with van der Waals surface area (Å²) in [7, 11) is -2.51. The summed E-state index contributed by atoms with van der Waals surface area (Å²) in [6.07, 6.45) is -1.74. The third kappa shape index (κ3) is 4.14. The van der Waals surface area contributed by atoms with Gasteiger partial charge in [0.15, 0.2) is 0 Å². The molecule has 0 bridgehead atoms. The van der Waals surface area contributed by atoms with Crippen LogP contribution >= 0.6 is 0 Å². The lowest BCUT2D eigenvalue weighted by atomic mass is 10.2. The minimum atomic E-state index is -4.52. The molecule has 1 aromatic carbocycles. The molecule has 0 spiro atoms. The summed E-state index contributed by atoms with van der Waals surface area (Å²) >= 11 is 0. The summed E-state index contributed by atoms with van der Waals surface area (Å²) in [4.78, 5) is 7.76. The molecule has 0 amide bonds. The quantitative estimate of drug-likeness (QED) is 0.762. The molecule has 0 saturated carbocycles. The number of hydrogen-bond acceptors (Lipinski definition) is 6. The molecule has 0 aliphatic carbocycles. The summed E-state index contributed by atoms with van der Waals surface area (Å²) in [5.74, 6) is 0.334. The van der Waals surface area contributed by atoms with Gasteiger partial charge in [-0.05, 0) is 30.7 Å². The van der Waals surface area contributed by atoms with Gasteiger partial charge >= 0.3 is 6.18 Å². The number of methoxy groups -OCH3 is 1. The van der Waals surface area contributed by atoms with Crippen LogP contribution in [-0.4, -0.2) is 49.0 Å². The Hall–Kier alpha value is -2.40. The van der Waals surface area contributed by atoms with Gasteiger partial charge in [0.05, 0.1) is 24.1 Å². The van der Waals surface area contributed by atoms with Crippen LogP contribution in [0.5, 0.6) is 11.8 Å². The number of ether oxygens (including phenoxy) is 2. The molecule has 3 rings (SSSR count). The van der Waals surface area contributed by atoms with Gasteiger partial charge in [0.1, 0.15) is 6.10 Å². The molecule has 1 atom stereocenters. The molecule has 7 nitrogen and oxygen atoms in total. The second kappa shape index (κ2) is 7.31. The average Bonchev–Trinajstić information content (AvgIpc) is 3.11. The Morgan fingerprint density at radius 1 is 1.11 bits per heavy atom. The first-order chi connectivity index (χ1) is 12.7. The second-order valence-corrected chi connectivity index (χ2v) is 7.72. The van der Waals surface area contributed by atoms with Crippen molar-refractivity contribution in [1.29, 1.82) is 0 Å². The van der Waals surface area contributed by atoms with Gasteiger partial charge in [-0.25, -0.2) is 18.4 Å². The van der Waals surface area contributed by atoms with Crippen LogP contribution < -0.4 is 9.47 Å². The van der Waals surface area contributed by atoms with E-state index in [1.54, 1.807) is 0 Å². The van der Waals surface area contributed by atoms with E-state index in [2.05, 4.69) is 9.97 Å². The van der Waals surface area contributed by atoms with Gasteiger partial charge in [-0.1, -0.05) is 0 Å². The third-order valence-electron chi connectivity index (χ3n) is 4.03. The monoisotopic (exact) mass is 403 g/mol. The van der Waals surface area contributed by atoms with Crippen molar-refractivity contribution in [3.63, 3.8) is 0 Å². The molecule has 0 radical (unpaired) electrons. The summed E-state index contributed by atoms with van der Waals surface area (Å²) in [5.41, 5.74) is -0.904. The first kappa shape index (κ1) is 19.4. The molecule has 1 fully saturated rings. The van der Waals surface area contributed by atoms with Crippen LogP contribution in [0.4, 0.5) is 13.2 Å². The topological polar surface area (TPSA) is 81.6 Å². The number of aromatic nitrogens is 2. The molecular formula is C16H16F3N3O4S. The van der Waals surface area contributed by atoms with Crippen LogP contribution in [0.3, 0.4) is 0 Å². The number of nitrogens with zero attached hydrogens (tertiary/aromatic N) is 3. The fourth-order valence-electron chi connectivity index (χ4n) is 2.67. The highest BCUT2D eigenvalue weighted by molar-refractivity contribution is 7.89. The highest BCUT2D eigenvalue weighted by Crippen LogP contribution is 2.31. The van der Waals surface area contributed by atoms with Crippen molar-refractivity contribution < 1.29 is 31.1 Å². The average molecular weight is 403 g/mol. The molecular weight excluding hydrogens is 387 g/mol. The predicted octanol–water partition coefficient (Wildman–Crippen LogP) is 2.35. The zero-order valence-electron chi connectivity index (χ0n) is 14.2. The zero-order chi connectivity index (χ0) is 19.7. The van der Waals surface area contributed by atoms with E-state index in [9.17, 15) is 21.6 Å². The summed E-state index contributed by atoms with van der Waals surface area (Å²) in [6, 6.07) is 3.42. The lowest BCUT2D eigenvalue weighted by Crippen LogP contribution is -2.31.